The smallest absolute Gasteiger partial charge is 0.223 e. The predicted octanol–water partition coefficient (Wildman–Crippen LogP) is 3.28. The van der Waals surface area contributed by atoms with Gasteiger partial charge in [-0.1, -0.05) is 44.2 Å². The van der Waals surface area contributed by atoms with Crippen molar-refractivity contribution in [1.82, 2.24) is 9.88 Å². The van der Waals surface area contributed by atoms with Crippen LogP contribution in [-0.4, -0.2) is 35.0 Å². The lowest BCUT2D eigenvalue weighted by molar-refractivity contribution is -0.150. The number of carbonyl (C=O) groups excluding carboxylic acids is 1. The van der Waals surface area contributed by atoms with Gasteiger partial charge < -0.3 is 15.4 Å². The number of nitrogen functional groups attached to an aromatic ring is 1. The monoisotopic (exact) mass is 359 g/mol. The number of hydrogen-bond acceptors (Lipinski definition) is 5. The molecule has 1 aromatic heterocycles. The summed E-state index contributed by atoms with van der Waals surface area (Å²) in [5.41, 5.74) is 7.67. The third kappa shape index (κ3) is 4.58. The second kappa shape index (κ2) is 7.97. The number of amides is 1. The molecule has 1 saturated heterocycles. The molecule has 0 spiro atoms. The standard InChI is InChI=1S/C19H25N3O2S/c1-13(2)16-10-22(11-17(24-16)14-6-4-3-5-7-14)18(23)9-8-15-12-25-19(20)21-15/h3-7,12-13,16-17H,8-11H2,1-2H3,(H2,20,21)/t16-,17+/m1/s1. The minimum absolute atomic E-state index is 0.0535. The number of benzene rings is 1. The Morgan fingerprint density at radius 3 is 2.76 bits per heavy atom. The van der Waals surface area contributed by atoms with Gasteiger partial charge in [-0.15, -0.1) is 11.3 Å². The lowest BCUT2D eigenvalue weighted by atomic mass is 10.0. The quantitative estimate of drug-likeness (QED) is 0.889. The van der Waals surface area contributed by atoms with Crippen molar-refractivity contribution < 1.29 is 9.53 Å². The molecular formula is C19H25N3O2S. The molecule has 3 rings (SSSR count). The first kappa shape index (κ1) is 17.9. The van der Waals surface area contributed by atoms with Crippen LogP contribution in [0.15, 0.2) is 35.7 Å². The van der Waals surface area contributed by atoms with Crippen molar-refractivity contribution in [2.24, 2.45) is 5.92 Å². The molecule has 2 aromatic rings. The van der Waals surface area contributed by atoms with E-state index < -0.39 is 0 Å². The highest BCUT2D eigenvalue weighted by Gasteiger charge is 2.32. The molecule has 1 amide bonds. The number of morpholine rings is 1. The number of hydrogen-bond donors (Lipinski definition) is 1. The highest BCUT2D eigenvalue weighted by atomic mass is 32.1. The lowest BCUT2D eigenvalue weighted by Gasteiger charge is -2.40. The van der Waals surface area contributed by atoms with Crippen LogP contribution in [0.25, 0.3) is 0 Å². The van der Waals surface area contributed by atoms with Gasteiger partial charge in [-0.2, -0.15) is 0 Å². The second-order valence-corrected chi connectivity index (χ2v) is 7.68. The van der Waals surface area contributed by atoms with Gasteiger partial charge in [0, 0.05) is 18.3 Å². The van der Waals surface area contributed by atoms with Crippen LogP contribution in [0.2, 0.25) is 0 Å². The van der Waals surface area contributed by atoms with E-state index in [0.717, 1.165) is 11.3 Å². The second-order valence-electron chi connectivity index (χ2n) is 6.79. The Bertz CT molecular complexity index is 702. The molecular weight excluding hydrogens is 334 g/mol. The average Bonchev–Trinajstić information content (AvgIpc) is 3.05. The fourth-order valence-corrected chi connectivity index (χ4v) is 3.64. The normalized spacial score (nSPS) is 20.8. The number of aryl methyl sites for hydroxylation is 1. The number of anilines is 1. The summed E-state index contributed by atoms with van der Waals surface area (Å²) in [7, 11) is 0. The van der Waals surface area contributed by atoms with Gasteiger partial charge >= 0.3 is 0 Å². The van der Waals surface area contributed by atoms with Crippen LogP contribution >= 0.6 is 11.3 Å². The van der Waals surface area contributed by atoms with Gasteiger partial charge in [-0.05, 0) is 17.9 Å². The van der Waals surface area contributed by atoms with Gasteiger partial charge in [-0.25, -0.2) is 4.98 Å². The Morgan fingerprint density at radius 2 is 2.12 bits per heavy atom. The molecule has 2 N–H and O–H groups in total. The van der Waals surface area contributed by atoms with Gasteiger partial charge in [0.1, 0.15) is 6.10 Å². The zero-order valence-corrected chi connectivity index (χ0v) is 15.5. The molecule has 0 unspecified atom stereocenters. The molecule has 0 saturated carbocycles. The van der Waals surface area contributed by atoms with E-state index in [1.165, 1.54) is 11.3 Å². The SMILES string of the molecule is CC(C)[C@H]1CN(C(=O)CCc2csc(N)n2)C[C@@H](c2ccccc2)O1. The van der Waals surface area contributed by atoms with Crippen LogP contribution < -0.4 is 5.73 Å². The Hall–Kier alpha value is -1.92. The predicted molar refractivity (Wildman–Crippen MR) is 100 cm³/mol. The summed E-state index contributed by atoms with van der Waals surface area (Å²) in [6.45, 7) is 5.53. The number of nitrogens with two attached hydrogens (primary N) is 1. The first-order valence-corrected chi connectivity index (χ1v) is 9.59. The van der Waals surface area contributed by atoms with E-state index in [9.17, 15) is 4.79 Å². The molecule has 0 radical (unpaired) electrons. The maximum Gasteiger partial charge on any atom is 0.223 e. The van der Waals surface area contributed by atoms with Crippen molar-refractivity contribution in [3.8, 4) is 0 Å². The molecule has 2 heterocycles. The van der Waals surface area contributed by atoms with E-state index in [1.807, 2.05) is 28.5 Å². The van der Waals surface area contributed by atoms with E-state index in [4.69, 9.17) is 10.5 Å². The van der Waals surface area contributed by atoms with Crippen LogP contribution in [0.4, 0.5) is 5.13 Å². The fraction of sp³-hybridized carbons (Fsp3) is 0.474. The highest BCUT2D eigenvalue weighted by Crippen LogP contribution is 2.28. The molecule has 6 heteroatoms. The first-order chi connectivity index (χ1) is 12.0. The number of ether oxygens (including phenoxy) is 1. The zero-order valence-electron chi connectivity index (χ0n) is 14.7. The van der Waals surface area contributed by atoms with Crippen LogP contribution in [0.3, 0.4) is 0 Å². The average molecular weight is 359 g/mol. The molecule has 25 heavy (non-hydrogen) atoms. The van der Waals surface area contributed by atoms with E-state index in [1.54, 1.807) is 0 Å². The summed E-state index contributed by atoms with van der Waals surface area (Å²) in [5, 5.41) is 2.48. The summed E-state index contributed by atoms with van der Waals surface area (Å²) in [5.74, 6) is 0.515. The Morgan fingerprint density at radius 1 is 1.36 bits per heavy atom. The molecule has 0 bridgehead atoms. The van der Waals surface area contributed by atoms with E-state index in [-0.39, 0.29) is 18.1 Å². The molecule has 5 nitrogen and oxygen atoms in total. The number of carbonyl (C=O) groups is 1. The summed E-state index contributed by atoms with van der Waals surface area (Å²) in [6, 6.07) is 10.1. The van der Waals surface area contributed by atoms with Crippen LogP contribution in [0.5, 0.6) is 0 Å². The third-order valence-electron chi connectivity index (χ3n) is 4.56. The highest BCUT2D eigenvalue weighted by molar-refractivity contribution is 7.13. The van der Waals surface area contributed by atoms with Gasteiger partial charge in [-0.3, -0.25) is 4.79 Å². The molecule has 0 aliphatic carbocycles. The van der Waals surface area contributed by atoms with Gasteiger partial charge in [0.2, 0.25) is 5.91 Å². The van der Waals surface area contributed by atoms with Crippen molar-refractivity contribution in [1.29, 1.82) is 0 Å². The maximum absolute atomic E-state index is 12.7. The van der Waals surface area contributed by atoms with E-state index >= 15 is 0 Å². The molecule has 1 aliphatic heterocycles. The zero-order chi connectivity index (χ0) is 17.8. The van der Waals surface area contributed by atoms with Crippen LogP contribution in [0, 0.1) is 5.92 Å². The Labute approximate surface area is 152 Å². The third-order valence-corrected chi connectivity index (χ3v) is 5.28. The van der Waals surface area contributed by atoms with Crippen LogP contribution in [-0.2, 0) is 16.0 Å². The van der Waals surface area contributed by atoms with Crippen molar-refractivity contribution in [3.05, 3.63) is 47.0 Å². The number of aromatic nitrogens is 1. The van der Waals surface area contributed by atoms with Gasteiger partial charge in [0.25, 0.3) is 0 Å². The summed E-state index contributed by atoms with van der Waals surface area (Å²) in [4.78, 5) is 18.9. The van der Waals surface area contributed by atoms with E-state index in [0.29, 0.717) is 37.0 Å². The number of thiazole rings is 1. The molecule has 1 fully saturated rings. The summed E-state index contributed by atoms with van der Waals surface area (Å²) < 4.78 is 6.26. The van der Waals surface area contributed by atoms with Crippen molar-refractivity contribution in [2.75, 3.05) is 18.8 Å². The summed E-state index contributed by atoms with van der Waals surface area (Å²) >= 11 is 1.42. The van der Waals surface area contributed by atoms with Gasteiger partial charge in [0.15, 0.2) is 5.13 Å². The largest absolute Gasteiger partial charge is 0.375 e. The van der Waals surface area contributed by atoms with Crippen molar-refractivity contribution in [3.63, 3.8) is 0 Å². The Kier molecular flexibility index (Phi) is 5.71. The topological polar surface area (TPSA) is 68.5 Å². The van der Waals surface area contributed by atoms with E-state index in [2.05, 4.69) is 31.0 Å². The molecule has 1 aromatic carbocycles. The molecule has 1 aliphatic rings. The minimum atomic E-state index is -0.0683. The lowest BCUT2D eigenvalue weighted by Crippen LogP contribution is -2.48. The Balaban J connectivity index is 1.67. The van der Waals surface area contributed by atoms with Crippen molar-refractivity contribution >= 4 is 22.4 Å². The fourth-order valence-electron chi connectivity index (χ4n) is 3.04. The van der Waals surface area contributed by atoms with Crippen LogP contribution in [0.1, 0.15) is 37.6 Å². The summed E-state index contributed by atoms with van der Waals surface area (Å²) in [6.07, 6.45) is 1.07. The maximum atomic E-state index is 12.7. The minimum Gasteiger partial charge on any atom is -0.375 e. The number of rotatable bonds is 5. The van der Waals surface area contributed by atoms with Gasteiger partial charge in [0.05, 0.1) is 18.3 Å². The molecule has 2 atom stereocenters. The first-order valence-electron chi connectivity index (χ1n) is 8.71. The van der Waals surface area contributed by atoms with Crippen molar-refractivity contribution in [2.45, 2.75) is 38.9 Å². The molecule has 134 valence electrons. The number of nitrogens with zero attached hydrogens (tertiary/aromatic N) is 2.